The van der Waals surface area contributed by atoms with E-state index in [0.29, 0.717) is 11.8 Å². The first kappa shape index (κ1) is 20.7. The summed E-state index contributed by atoms with van der Waals surface area (Å²) in [5, 5.41) is 2.78. The Hall–Kier alpha value is -1.36. The zero-order chi connectivity index (χ0) is 18.3. The van der Waals surface area contributed by atoms with Crippen LogP contribution in [0.25, 0.3) is 0 Å². The predicted octanol–water partition coefficient (Wildman–Crippen LogP) is 3.67. The molecule has 0 saturated heterocycles. The summed E-state index contributed by atoms with van der Waals surface area (Å²) in [6, 6.07) is 7.56. The zero-order valence-corrected chi connectivity index (χ0v) is 16.3. The molecule has 0 bridgehead atoms. The van der Waals surface area contributed by atoms with E-state index in [1.165, 1.54) is 5.56 Å². The highest BCUT2D eigenvalue weighted by atomic mass is 32.2. The van der Waals surface area contributed by atoms with Crippen molar-refractivity contribution in [3.63, 3.8) is 0 Å². The lowest BCUT2D eigenvalue weighted by Crippen LogP contribution is -2.37. The summed E-state index contributed by atoms with van der Waals surface area (Å²) in [5.41, 5.74) is 1.90. The van der Waals surface area contributed by atoms with Crippen LogP contribution in [0, 0.1) is 5.92 Å². The number of nitrogens with one attached hydrogen (secondary N) is 1. The fourth-order valence-electron chi connectivity index (χ4n) is 2.48. The van der Waals surface area contributed by atoms with Crippen LogP contribution >= 0.6 is 0 Å². The molecule has 0 aliphatic carbocycles. The number of amides is 1. The summed E-state index contributed by atoms with van der Waals surface area (Å²) >= 11 is 0. The molecule has 0 aliphatic heterocycles. The molecule has 1 aromatic carbocycles. The molecular weight excluding hydrogens is 322 g/mol. The quantitative estimate of drug-likeness (QED) is 0.737. The SMILES string of the molecule is CC(C)CC[C@@H](C)NC(=O)CS(=O)(=O)Cc1ccc(C(C)C)cc1. The Bertz CT molecular complexity index is 619. The van der Waals surface area contributed by atoms with Crippen molar-refractivity contribution >= 4 is 15.7 Å². The van der Waals surface area contributed by atoms with Gasteiger partial charge in [-0.1, -0.05) is 52.0 Å². The summed E-state index contributed by atoms with van der Waals surface area (Å²) in [4.78, 5) is 12.0. The number of sulfone groups is 1. The second-order valence-electron chi connectivity index (χ2n) is 7.37. The molecule has 1 N–H and O–H groups in total. The van der Waals surface area contributed by atoms with Crippen molar-refractivity contribution in [1.29, 1.82) is 0 Å². The van der Waals surface area contributed by atoms with Gasteiger partial charge in [0.15, 0.2) is 9.84 Å². The summed E-state index contributed by atoms with van der Waals surface area (Å²) in [6.45, 7) is 10.4. The van der Waals surface area contributed by atoms with E-state index >= 15 is 0 Å². The van der Waals surface area contributed by atoms with Crippen molar-refractivity contribution in [3.8, 4) is 0 Å². The lowest BCUT2D eigenvalue weighted by atomic mass is 10.0. The number of hydrogen-bond donors (Lipinski definition) is 1. The summed E-state index contributed by atoms with van der Waals surface area (Å²) in [6.07, 6.45) is 1.87. The minimum Gasteiger partial charge on any atom is -0.353 e. The molecule has 4 nitrogen and oxygen atoms in total. The van der Waals surface area contributed by atoms with Gasteiger partial charge in [0.1, 0.15) is 5.75 Å². The lowest BCUT2D eigenvalue weighted by molar-refractivity contribution is -0.119. The van der Waals surface area contributed by atoms with Crippen LogP contribution in [0.5, 0.6) is 0 Å². The number of carbonyl (C=O) groups excluding carboxylic acids is 1. The molecule has 0 saturated carbocycles. The molecule has 0 radical (unpaired) electrons. The monoisotopic (exact) mass is 353 g/mol. The molecule has 0 spiro atoms. The highest BCUT2D eigenvalue weighted by Crippen LogP contribution is 2.16. The van der Waals surface area contributed by atoms with Crippen LogP contribution in [-0.4, -0.2) is 26.1 Å². The second kappa shape index (κ2) is 9.21. The van der Waals surface area contributed by atoms with E-state index < -0.39 is 21.5 Å². The van der Waals surface area contributed by atoms with E-state index in [-0.39, 0.29) is 11.8 Å². The smallest absolute Gasteiger partial charge is 0.235 e. The maximum absolute atomic E-state index is 12.2. The van der Waals surface area contributed by atoms with Crippen molar-refractivity contribution in [1.82, 2.24) is 5.32 Å². The van der Waals surface area contributed by atoms with E-state index in [4.69, 9.17) is 0 Å². The van der Waals surface area contributed by atoms with Gasteiger partial charge in [0.25, 0.3) is 0 Å². The minimum atomic E-state index is -3.46. The first-order valence-corrected chi connectivity index (χ1v) is 10.5. The van der Waals surface area contributed by atoms with E-state index in [2.05, 4.69) is 33.0 Å². The van der Waals surface area contributed by atoms with E-state index in [9.17, 15) is 13.2 Å². The maximum atomic E-state index is 12.2. The van der Waals surface area contributed by atoms with E-state index in [0.717, 1.165) is 18.4 Å². The van der Waals surface area contributed by atoms with Crippen LogP contribution in [0.1, 0.15) is 64.5 Å². The maximum Gasteiger partial charge on any atom is 0.235 e. The molecule has 0 aliphatic rings. The van der Waals surface area contributed by atoms with Crippen LogP contribution in [0.15, 0.2) is 24.3 Å². The summed E-state index contributed by atoms with van der Waals surface area (Å²) in [5.74, 6) is 0.0186. The van der Waals surface area contributed by atoms with E-state index in [1.807, 2.05) is 31.2 Å². The van der Waals surface area contributed by atoms with Gasteiger partial charge in [-0.3, -0.25) is 4.79 Å². The van der Waals surface area contributed by atoms with Gasteiger partial charge in [-0.25, -0.2) is 8.42 Å². The average Bonchev–Trinajstić information content (AvgIpc) is 2.44. The molecule has 1 rings (SSSR count). The molecule has 1 amide bonds. The summed E-state index contributed by atoms with van der Waals surface area (Å²) < 4.78 is 24.4. The standard InChI is InChI=1S/C19H31NO3S/c1-14(2)6-7-16(5)20-19(21)13-24(22,23)12-17-8-10-18(11-9-17)15(3)4/h8-11,14-16H,6-7,12-13H2,1-5H3,(H,20,21)/t16-/m1/s1. The van der Waals surface area contributed by atoms with Crippen molar-refractivity contribution in [2.75, 3.05) is 5.75 Å². The molecule has 1 atom stereocenters. The van der Waals surface area contributed by atoms with Crippen LogP contribution in [0.2, 0.25) is 0 Å². The third-order valence-electron chi connectivity index (χ3n) is 3.97. The number of hydrogen-bond acceptors (Lipinski definition) is 3. The molecule has 136 valence electrons. The largest absolute Gasteiger partial charge is 0.353 e. The Morgan fingerprint density at radius 3 is 2.08 bits per heavy atom. The number of rotatable bonds is 9. The fourth-order valence-corrected chi connectivity index (χ4v) is 3.76. The molecule has 0 aromatic heterocycles. The second-order valence-corrected chi connectivity index (χ2v) is 9.43. The van der Waals surface area contributed by atoms with Gasteiger partial charge in [-0.2, -0.15) is 0 Å². The van der Waals surface area contributed by atoms with Crippen molar-refractivity contribution in [2.45, 2.75) is 65.2 Å². The molecule has 0 fully saturated rings. The predicted molar refractivity (Wildman–Crippen MR) is 99.7 cm³/mol. The highest BCUT2D eigenvalue weighted by Gasteiger charge is 2.19. The number of carbonyl (C=O) groups is 1. The van der Waals surface area contributed by atoms with Gasteiger partial charge in [-0.15, -0.1) is 0 Å². The highest BCUT2D eigenvalue weighted by molar-refractivity contribution is 7.91. The molecule has 1 aromatic rings. The minimum absolute atomic E-state index is 0.000394. The van der Waals surface area contributed by atoms with Crippen LogP contribution in [0.4, 0.5) is 0 Å². The van der Waals surface area contributed by atoms with E-state index in [1.54, 1.807) is 0 Å². The Morgan fingerprint density at radius 1 is 1.00 bits per heavy atom. The molecular formula is C19H31NO3S. The summed E-state index contributed by atoms with van der Waals surface area (Å²) in [7, 11) is -3.46. The van der Waals surface area contributed by atoms with Gasteiger partial charge in [-0.05, 0) is 42.7 Å². The fraction of sp³-hybridized carbons (Fsp3) is 0.632. The van der Waals surface area contributed by atoms with Crippen molar-refractivity contribution in [2.24, 2.45) is 5.92 Å². The first-order chi connectivity index (χ1) is 11.1. The first-order valence-electron chi connectivity index (χ1n) is 8.67. The van der Waals surface area contributed by atoms with Gasteiger partial charge in [0, 0.05) is 6.04 Å². The van der Waals surface area contributed by atoms with Crippen LogP contribution < -0.4 is 5.32 Å². The average molecular weight is 354 g/mol. The van der Waals surface area contributed by atoms with Gasteiger partial charge >= 0.3 is 0 Å². The third kappa shape index (κ3) is 7.95. The molecule has 5 heteroatoms. The van der Waals surface area contributed by atoms with Gasteiger partial charge in [0.05, 0.1) is 5.75 Å². The van der Waals surface area contributed by atoms with Crippen molar-refractivity contribution < 1.29 is 13.2 Å². The molecule has 0 unspecified atom stereocenters. The third-order valence-corrected chi connectivity index (χ3v) is 5.44. The Kier molecular flexibility index (Phi) is 7.94. The van der Waals surface area contributed by atoms with Gasteiger partial charge < -0.3 is 5.32 Å². The number of benzene rings is 1. The molecule has 0 heterocycles. The zero-order valence-electron chi connectivity index (χ0n) is 15.5. The Balaban J connectivity index is 2.54. The van der Waals surface area contributed by atoms with Gasteiger partial charge in [0.2, 0.25) is 5.91 Å². The Morgan fingerprint density at radius 2 is 1.58 bits per heavy atom. The normalized spacial score (nSPS) is 13.3. The van der Waals surface area contributed by atoms with Crippen LogP contribution in [0.3, 0.4) is 0 Å². The Labute approximate surface area is 147 Å². The molecule has 24 heavy (non-hydrogen) atoms. The topological polar surface area (TPSA) is 63.2 Å². The van der Waals surface area contributed by atoms with Crippen LogP contribution in [-0.2, 0) is 20.4 Å². The lowest BCUT2D eigenvalue weighted by Gasteiger charge is -2.15. The van der Waals surface area contributed by atoms with Crippen molar-refractivity contribution in [3.05, 3.63) is 35.4 Å².